The minimum atomic E-state index is -0.611. The van der Waals surface area contributed by atoms with Gasteiger partial charge in [-0.3, -0.25) is 4.79 Å². The van der Waals surface area contributed by atoms with Crippen molar-refractivity contribution in [1.29, 1.82) is 0 Å². The van der Waals surface area contributed by atoms with E-state index >= 15 is 0 Å². The molecule has 2 rings (SSSR count). The van der Waals surface area contributed by atoms with Gasteiger partial charge in [0.15, 0.2) is 23.5 Å². The summed E-state index contributed by atoms with van der Waals surface area (Å²) in [7, 11) is 1.55. The highest BCUT2D eigenvalue weighted by atomic mass is 19.1. The fourth-order valence-electron chi connectivity index (χ4n) is 1.73. The fraction of sp³-hybridized carbons (Fsp3) is 0.462. The molecular formula is C13H15FO4. The van der Waals surface area contributed by atoms with Gasteiger partial charge in [0.1, 0.15) is 6.10 Å². The van der Waals surface area contributed by atoms with Crippen LogP contribution < -0.4 is 4.74 Å². The number of carbonyl (C=O) groups is 1. The summed E-state index contributed by atoms with van der Waals surface area (Å²) in [5.74, 6) is -0.310. The number of ketones is 1. The van der Waals surface area contributed by atoms with E-state index in [9.17, 15) is 9.18 Å². The van der Waals surface area contributed by atoms with Crippen LogP contribution in [0.15, 0.2) is 24.3 Å². The molecule has 0 aliphatic heterocycles. The first-order chi connectivity index (χ1) is 8.72. The topological polar surface area (TPSA) is 44.8 Å². The van der Waals surface area contributed by atoms with Gasteiger partial charge in [0.25, 0.3) is 0 Å². The normalized spacial score (nSPS) is 22.7. The Bertz CT molecular complexity index is 421. The number of Topliss-reactive ketones (excluding diaryl/α,β-unsaturated/α-hetero) is 1. The molecule has 0 saturated heterocycles. The van der Waals surface area contributed by atoms with E-state index in [0.717, 1.165) is 0 Å². The van der Waals surface area contributed by atoms with Crippen LogP contribution in [0.4, 0.5) is 4.39 Å². The van der Waals surface area contributed by atoms with Crippen LogP contribution in [0.3, 0.4) is 0 Å². The van der Waals surface area contributed by atoms with Crippen molar-refractivity contribution in [1.82, 2.24) is 0 Å². The zero-order chi connectivity index (χ0) is 13.0. The van der Waals surface area contributed by atoms with Gasteiger partial charge in [-0.1, -0.05) is 12.1 Å². The third-order valence-electron chi connectivity index (χ3n) is 2.76. The average molecular weight is 254 g/mol. The maximum absolute atomic E-state index is 13.4. The van der Waals surface area contributed by atoms with Gasteiger partial charge in [-0.05, 0) is 12.1 Å². The molecule has 1 fully saturated rings. The molecule has 4 nitrogen and oxygen atoms in total. The summed E-state index contributed by atoms with van der Waals surface area (Å²) in [6, 6.07) is 6.11. The molecule has 1 aliphatic rings. The summed E-state index contributed by atoms with van der Waals surface area (Å²) in [5, 5.41) is 0. The highest BCUT2D eigenvalue weighted by Gasteiger charge is 2.42. The van der Waals surface area contributed by atoms with E-state index in [-0.39, 0.29) is 18.0 Å². The van der Waals surface area contributed by atoms with Crippen molar-refractivity contribution >= 4 is 5.78 Å². The zero-order valence-corrected chi connectivity index (χ0v) is 10.1. The van der Waals surface area contributed by atoms with Gasteiger partial charge < -0.3 is 14.2 Å². The Morgan fingerprint density at radius 3 is 2.78 bits per heavy atom. The molecule has 2 atom stereocenters. The predicted molar refractivity (Wildman–Crippen MR) is 62.1 cm³/mol. The third-order valence-corrected chi connectivity index (χ3v) is 2.76. The standard InChI is InChI=1S/C13H15FO4/c1-16-6-7-17-13-10(15)8-12(13)18-11-5-3-2-4-9(11)14/h2-5,12-13H,6-8H2,1H3. The summed E-state index contributed by atoms with van der Waals surface area (Å²) in [5.41, 5.74) is 0. The van der Waals surface area contributed by atoms with Crippen LogP contribution in [0, 0.1) is 5.82 Å². The summed E-state index contributed by atoms with van der Waals surface area (Å²) in [6.45, 7) is 0.736. The number of benzene rings is 1. The molecule has 5 heteroatoms. The van der Waals surface area contributed by atoms with Crippen LogP contribution in [-0.2, 0) is 14.3 Å². The second-order valence-electron chi connectivity index (χ2n) is 4.04. The number of ether oxygens (including phenoxy) is 3. The lowest BCUT2D eigenvalue weighted by Gasteiger charge is -2.34. The molecule has 0 aromatic heterocycles. The molecule has 98 valence electrons. The van der Waals surface area contributed by atoms with Crippen molar-refractivity contribution in [2.45, 2.75) is 18.6 Å². The van der Waals surface area contributed by atoms with E-state index in [1.807, 2.05) is 0 Å². The van der Waals surface area contributed by atoms with Gasteiger partial charge in [-0.15, -0.1) is 0 Å². The number of methoxy groups -OCH3 is 1. The number of rotatable bonds is 6. The maximum Gasteiger partial charge on any atom is 0.169 e. The molecule has 1 aliphatic carbocycles. The molecule has 1 aromatic carbocycles. The highest BCUT2D eigenvalue weighted by molar-refractivity contribution is 5.90. The van der Waals surface area contributed by atoms with Crippen molar-refractivity contribution in [3.05, 3.63) is 30.1 Å². The molecular weight excluding hydrogens is 239 g/mol. The second-order valence-corrected chi connectivity index (χ2v) is 4.04. The molecule has 1 saturated carbocycles. The van der Waals surface area contributed by atoms with E-state index in [0.29, 0.717) is 13.2 Å². The Morgan fingerprint density at radius 1 is 1.33 bits per heavy atom. The van der Waals surface area contributed by atoms with Crippen molar-refractivity contribution in [2.75, 3.05) is 20.3 Å². The summed E-state index contributed by atoms with van der Waals surface area (Å²) < 4.78 is 29.0. The van der Waals surface area contributed by atoms with E-state index in [4.69, 9.17) is 14.2 Å². The van der Waals surface area contributed by atoms with E-state index in [2.05, 4.69) is 0 Å². The van der Waals surface area contributed by atoms with Gasteiger partial charge in [0.05, 0.1) is 13.2 Å². The first-order valence-corrected chi connectivity index (χ1v) is 5.77. The first-order valence-electron chi connectivity index (χ1n) is 5.77. The monoisotopic (exact) mass is 254 g/mol. The van der Waals surface area contributed by atoms with Gasteiger partial charge in [0.2, 0.25) is 0 Å². The molecule has 0 spiro atoms. The number of hydrogen-bond acceptors (Lipinski definition) is 4. The molecule has 18 heavy (non-hydrogen) atoms. The number of hydrogen-bond donors (Lipinski definition) is 0. The Morgan fingerprint density at radius 2 is 2.11 bits per heavy atom. The molecule has 2 unspecified atom stereocenters. The quantitative estimate of drug-likeness (QED) is 0.723. The number of carbonyl (C=O) groups excluding carboxylic acids is 1. The molecule has 0 heterocycles. The lowest BCUT2D eigenvalue weighted by molar-refractivity contribution is -0.156. The maximum atomic E-state index is 13.4. The lowest BCUT2D eigenvalue weighted by atomic mass is 9.90. The van der Waals surface area contributed by atoms with Crippen molar-refractivity contribution < 1.29 is 23.4 Å². The Labute approximate surface area is 105 Å². The molecule has 0 N–H and O–H groups in total. The SMILES string of the molecule is COCCOC1C(=O)CC1Oc1ccccc1F. The second kappa shape index (κ2) is 5.93. The molecule has 1 aromatic rings. The molecule has 0 radical (unpaired) electrons. The predicted octanol–water partition coefficient (Wildman–Crippen LogP) is 1.58. The number of para-hydroxylation sites is 1. The van der Waals surface area contributed by atoms with Crippen LogP contribution >= 0.6 is 0 Å². The van der Waals surface area contributed by atoms with E-state index in [1.165, 1.54) is 12.1 Å². The van der Waals surface area contributed by atoms with Gasteiger partial charge in [0, 0.05) is 13.5 Å². The average Bonchev–Trinajstić information content (AvgIpc) is 2.36. The van der Waals surface area contributed by atoms with Gasteiger partial charge in [-0.2, -0.15) is 0 Å². The van der Waals surface area contributed by atoms with E-state index in [1.54, 1.807) is 19.2 Å². The van der Waals surface area contributed by atoms with Crippen LogP contribution in [0.25, 0.3) is 0 Å². The summed E-state index contributed by atoms with van der Waals surface area (Å²) >= 11 is 0. The smallest absolute Gasteiger partial charge is 0.169 e. The summed E-state index contributed by atoms with van der Waals surface area (Å²) in [4.78, 5) is 11.4. The van der Waals surface area contributed by atoms with E-state index < -0.39 is 18.0 Å². The van der Waals surface area contributed by atoms with Crippen LogP contribution in [-0.4, -0.2) is 38.3 Å². The van der Waals surface area contributed by atoms with Crippen molar-refractivity contribution in [3.8, 4) is 5.75 Å². The zero-order valence-electron chi connectivity index (χ0n) is 10.1. The first kappa shape index (κ1) is 13.0. The highest BCUT2D eigenvalue weighted by Crippen LogP contribution is 2.27. The summed E-state index contributed by atoms with van der Waals surface area (Å²) in [6.07, 6.45) is -0.766. The third kappa shape index (κ3) is 2.86. The lowest BCUT2D eigenvalue weighted by Crippen LogP contribution is -2.52. The Balaban J connectivity index is 1.90. The van der Waals surface area contributed by atoms with Gasteiger partial charge in [-0.25, -0.2) is 4.39 Å². The fourth-order valence-corrected chi connectivity index (χ4v) is 1.73. The minimum absolute atomic E-state index is 0.0209. The molecule has 0 amide bonds. The van der Waals surface area contributed by atoms with Crippen LogP contribution in [0.1, 0.15) is 6.42 Å². The minimum Gasteiger partial charge on any atom is -0.484 e. The van der Waals surface area contributed by atoms with Crippen molar-refractivity contribution in [3.63, 3.8) is 0 Å². The van der Waals surface area contributed by atoms with Crippen LogP contribution in [0.2, 0.25) is 0 Å². The molecule has 0 bridgehead atoms. The largest absolute Gasteiger partial charge is 0.484 e. The van der Waals surface area contributed by atoms with Crippen molar-refractivity contribution in [2.24, 2.45) is 0 Å². The Hall–Kier alpha value is -1.46. The number of halogens is 1. The van der Waals surface area contributed by atoms with Crippen LogP contribution in [0.5, 0.6) is 5.75 Å². The Kier molecular flexibility index (Phi) is 4.28. The van der Waals surface area contributed by atoms with Gasteiger partial charge >= 0.3 is 0 Å².